The van der Waals surface area contributed by atoms with Gasteiger partial charge in [-0.15, -0.1) is 0 Å². The SMILES string of the molecule is CC(C)(C)OC(=O)[C@@H]1NCCN2C(=O)c3c(cc(O)cc3C(F)(F)F)C12. The first-order valence-electron chi connectivity index (χ1n) is 8.11. The molecule has 6 nitrogen and oxygen atoms in total. The molecule has 0 spiro atoms. The van der Waals surface area contributed by atoms with Gasteiger partial charge in [0.05, 0.1) is 17.2 Å². The molecule has 1 aromatic rings. The number of esters is 1. The van der Waals surface area contributed by atoms with Crippen LogP contribution in [0.3, 0.4) is 0 Å². The highest BCUT2D eigenvalue weighted by molar-refractivity contribution is 6.02. The fourth-order valence-corrected chi connectivity index (χ4v) is 3.41. The Morgan fingerprint density at radius 1 is 1.31 bits per heavy atom. The van der Waals surface area contributed by atoms with Crippen molar-refractivity contribution in [1.82, 2.24) is 10.2 Å². The third kappa shape index (κ3) is 3.11. The molecule has 1 unspecified atom stereocenters. The van der Waals surface area contributed by atoms with E-state index >= 15 is 0 Å². The van der Waals surface area contributed by atoms with Crippen molar-refractivity contribution < 1.29 is 32.6 Å². The van der Waals surface area contributed by atoms with Crippen molar-refractivity contribution >= 4 is 11.9 Å². The van der Waals surface area contributed by atoms with Gasteiger partial charge in [-0.2, -0.15) is 13.2 Å². The minimum atomic E-state index is -4.80. The molecule has 0 radical (unpaired) electrons. The molecule has 1 amide bonds. The van der Waals surface area contributed by atoms with Crippen molar-refractivity contribution in [2.24, 2.45) is 0 Å². The number of nitrogens with one attached hydrogen (secondary N) is 1. The number of halogens is 3. The highest BCUT2D eigenvalue weighted by Crippen LogP contribution is 2.45. The van der Waals surface area contributed by atoms with Gasteiger partial charge in [0.15, 0.2) is 0 Å². The van der Waals surface area contributed by atoms with Crippen molar-refractivity contribution in [3.63, 3.8) is 0 Å². The van der Waals surface area contributed by atoms with Crippen LogP contribution in [0.4, 0.5) is 13.2 Å². The Labute approximate surface area is 147 Å². The Bertz CT molecular complexity index is 770. The maximum absolute atomic E-state index is 13.4. The molecular formula is C17H19F3N2O4. The number of ether oxygens (including phenoxy) is 1. The molecule has 9 heteroatoms. The molecule has 3 rings (SSSR count). The lowest BCUT2D eigenvalue weighted by molar-refractivity contribution is -0.160. The summed E-state index contributed by atoms with van der Waals surface area (Å²) < 4.78 is 45.4. The number of carbonyl (C=O) groups excluding carboxylic acids is 2. The van der Waals surface area contributed by atoms with Crippen LogP contribution >= 0.6 is 0 Å². The van der Waals surface area contributed by atoms with Crippen LogP contribution < -0.4 is 5.32 Å². The summed E-state index contributed by atoms with van der Waals surface area (Å²) in [6.45, 7) is 5.41. The Balaban J connectivity index is 2.10. The molecular weight excluding hydrogens is 353 g/mol. The lowest BCUT2D eigenvalue weighted by Crippen LogP contribution is -2.56. The summed E-state index contributed by atoms with van der Waals surface area (Å²) in [7, 11) is 0. The molecule has 0 saturated carbocycles. The number of carbonyl (C=O) groups is 2. The lowest BCUT2D eigenvalue weighted by Gasteiger charge is -2.37. The summed E-state index contributed by atoms with van der Waals surface area (Å²) in [5.74, 6) is -2.07. The Kier molecular flexibility index (Phi) is 4.18. The fourth-order valence-electron chi connectivity index (χ4n) is 3.41. The molecule has 26 heavy (non-hydrogen) atoms. The average Bonchev–Trinajstić information content (AvgIpc) is 2.77. The molecule has 2 aliphatic heterocycles. The first kappa shape index (κ1) is 18.5. The molecule has 2 N–H and O–H groups in total. The van der Waals surface area contributed by atoms with Crippen LogP contribution in [0, 0.1) is 0 Å². The molecule has 2 heterocycles. The molecule has 1 fully saturated rings. The maximum Gasteiger partial charge on any atom is 0.417 e. The van der Waals surface area contributed by atoms with E-state index in [1.165, 1.54) is 4.90 Å². The number of rotatable bonds is 1. The van der Waals surface area contributed by atoms with E-state index < -0.39 is 52.6 Å². The number of phenolic OH excluding ortho intramolecular Hbond substituents is 1. The molecule has 0 aliphatic carbocycles. The Morgan fingerprint density at radius 3 is 2.54 bits per heavy atom. The number of aromatic hydroxyl groups is 1. The van der Waals surface area contributed by atoms with E-state index in [9.17, 15) is 27.9 Å². The number of nitrogens with zero attached hydrogens (tertiary/aromatic N) is 1. The van der Waals surface area contributed by atoms with E-state index in [4.69, 9.17) is 4.74 Å². The van der Waals surface area contributed by atoms with Gasteiger partial charge in [0.1, 0.15) is 17.4 Å². The number of amides is 1. The summed E-state index contributed by atoms with van der Waals surface area (Å²) in [5.41, 5.74) is -2.53. The van der Waals surface area contributed by atoms with Crippen molar-refractivity contribution in [2.45, 2.75) is 44.6 Å². The summed E-state index contributed by atoms with van der Waals surface area (Å²) in [4.78, 5) is 26.4. The molecule has 1 aromatic carbocycles. The van der Waals surface area contributed by atoms with E-state index in [0.29, 0.717) is 6.07 Å². The number of phenols is 1. The van der Waals surface area contributed by atoms with Gasteiger partial charge >= 0.3 is 12.1 Å². The Morgan fingerprint density at radius 2 is 1.96 bits per heavy atom. The molecule has 2 atom stereocenters. The topological polar surface area (TPSA) is 78.9 Å². The predicted octanol–water partition coefficient (Wildman–Crippen LogP) is 2.22. The third-order valence-corrected chi connectivity index (χ3v) is 4.28. The van der Waals surface area contributed by atoms with Crippen molar-refractivity contribution in [3.05, 3.63) is 28.8 Å². The van der Waals surface area contributed by atoms with Gasteiger partial charge in [-0.25, -0.2) is 0 Å². The number of benzene rings is 1. The monoisotopic (exact) mass is 372 g/mol. The second-order valence-electron chi connectivity index (χ2n) is 7.36. The first-order valence-corrected chi connectivity index (χ1v) is 8.11. The maximum atomic E-state index is 13.4. The van der Waals surface area contributed by atoms with Crippen molar-refractivity contribution in [1.29, 1.82) is 0 Å². The summed E-state index contributed by atoms with van der Waals surface area (Å²) in [5, 5.41) is 12.7. The zero-order chi connectivity index (χ0) is 19.4. The number of hydrogen-bond acceptors (Lipinski definition) is 5. The van der Waals surface area contributed by atoms with Gasteiger partial charge in [0, 0.05) is 13.1 Å². The lowest BCUT2D eigenvalue weighted by atomic mass is 9.93. The summed E-state index contributed by atoms with van der Waals surface area (Å²) in [6, 6.07) is -0.340. The summed E-state index contributed by atoms with van der Waals surface area (Å²) >= 11 is 0. The van der Waals surface area contributed by atoms with E-state index in [0.717, 1.165) is 6.07 Å². The normalized spacial score (nSPS) is 22.8. The molecule has 2 aliphatic rings. The van der Waals surface area contributed by atoms with Gasteiger partial charge in [-0.1, -0.05) is 0 Å². The number of fused-ring (bicyclic) bond motifs is 3. The van der Waals surface area contributed by atoms with Crippen LogP contribution in [-0.2, 0) is 15.7 Å². The number of piperazine rings is 1. The van der Waals surface area contributed by atoms with Crippen LogP contribution in [0.2, 0.25) is 0 Å². The number of alkyl halides is 3. The van der Waals surface area contributed by atoms with E-state index in [-0.39, 0.29) is 18.7 Å². The zero-order valence-electron chi connectivity index (χ0n) is 14.5. The van der Waals surface area contributed by atoms with Crippen LogP contribution in [0.1, 0.15) is 48.3 Å². The molecule has 1 saturated heterocycles. The Hall–Kier alpha value is -2.29. The largest absolute Gasteiger partial charge is 0.508 e. The minimum absolute atomic E-state index is 0.0228. The van der Waals surface area contributed by atoms with Crippen LogP contribution in [0.25, 0.3) is 0 Å². The zero-order valence-corrected chi connectivity index (χ0v) is 14.5. The second kappa shape index (κ2) is 5.87. The molecule has 0 aromatic heterocycles. The van der Waals surface area contributed by atoms with Gasteiger partial charge < -0.3 is 20.1 Å². The van der Waals surface area contributed by atoms with Crippen LogP contribution in [0.5, 0.6) is 5.75 Å². The predicted molar refractivity (Wildman–Crippen MR) is 84.5 cm³/mol. The fraction of sp³-hybridized carbons (Fsp3) is 0.529. The second-order valence-corrected chi connectivity index (χ2v) is 7.36. The highest BCUT2D eigenvalue weighted by atomic mass is 19.4. The standard InChI is InChI=1S/C17H19F3N2O4/c1-16(2,3)26-15(25)12-13-9-6-8(23)7-10(17(18,19)20)11(9)14(24)22(13)5-4-21-12/h6-7,12-13,21,23H,4-5H2,1-3H3/t12-,13?/m1/s1. The van der Waals surface area contributed by atoms with Crippen molar-refractivity contribution in [2.75, 3.05) is 13.1 Å². The van der Waals surface area contributed by atoms with Crippen LogP contribution in [-0.4, -0.2) is 46.6 Å². The van der Waals surface area contributed by atoms with Crippen molar-refractivity contribution in [3.8, 4) is 5.75 Å². The smallest absolute Gasteiger partial charge is 0.417 e. The van der Waals surface area contributed by atoms with Crippen LogP contribution in [0.15, 0.2) is 12.1 Å². The van der Waals surface area contributed by atoms with Gasteiger partial charge in [0.25, 0.3) is 5.91 Å². The number of hydrogen-bond donors (Lipinski definition) is 2. The summed E-state index contributed by atoms with van der Waals surface area (Å²) in [6.07, 6.45) is -4.80. The van der Waals surface area contributed by atoms with E-state index in [1.54, 1.807) is 20.8 Å². The van der Waals surface area contributed by atoms with Gasteiger partial charge in [-0.05, 0) is 38.5 Å². The average molecular weight is 372 g/mol. The molecule has 0 bridgehead atoms. The minimum Gasteiger partial charge on any atom is -0.508 e. The first-order chi connectivity index (χ1) is 11.9. The van der Waals surface area contributed by atoms with Gasteiger partial charge in [0.2, 0.25) is 0 Å². The van der Waals surface area contributed by atoms with E-state index in [2.05, 4.69) is 5.32 Å². The third-order valence-electron chi connectivity index (χ3n) is 4.28. The van der Waals surface area contributed by atoms with E-state index in [1.807, 2.05) is 0 Å². The quantitative estimate of drug-likeness (QED) is 0.739. The molecule has 142 valence electrons. The highest BCUT2D eigenvalue weighted by Gasteiger charge is 2.51. The van der Waals surface area contributed by atoms with Gasteiger partial charge in [-0.3, -0.25) is 9.59 Å².